The summed E-state index contributed by atoms with van der Waals surface area (Å²) in [7, 11) is 0. The number of rotatable bonds is 4. The van der Waals surface area contributed by atoms with Crippen LogP contribution in [-0.4, -0.2) is 22.4 Å². The third kappa shape index (κ3) is 3.08. The Morgan fingerprint density at radius 2 is 1.88 bits per heavy atom. The molecule has 0 radical (unpaired) electrons. The van der Waals surface area contributed by atoms with E-state index in [1.807, 2.05) is 19.9 Å². The van der Waals surface area contributed by atoms with Gasteiger partial charge in [-0.05, 0) is 36.2 Å². The number of hydrogen-bond donors (Lipinski definition) is 2. The van der Waals surface area contributed by atoms with Gasteiger partial charge in [-0.25, -0.2) is 0 Å². The van der Waals surface area contributed by atoms with Crippen molar-refractivity contribution in [2.45, 2.75) is 59.2 Å². The van der Waals surface area contributed by atoms with E-state index in [2.05, 4.69) is 13.8 Å². The minimum atomic E-state index is -0.384. The van der Waals surface area contributed by atoms with Crippen molar-refractivity contribution in [1.29, 1.82) is 0 Å². The molecular formula is C14H26O2. The van der Waals surface area contributed by atoms with Gasteiger partial charge in [0.25, 0.3) is 0 Å². The van der Waals surface area contributed by atoms with Crippen molar-refractivity contribution in [2.75, 3.05) is 0 Å². The largest absolute Gasteiger partial charge is 0.389 e. The lowest BCUT2D eigenvalue weighted by Crippen LogP contribution is -2.37. The quantitative estimate of drug-likeness (QED) is 0.724. The maximum atomic E-state index is 10.1. The Hall–Kier alpha value is -0.340. The maximum Gasteiger partial charge on any atom is 0.0780 e. The van der Waals surface area contributed by atoms with E-state index in [1.54, 1.807) is 0 Å². The van der Waals surface area contributed by atoms with Gasteiger partial charge in [0.2, 0.25) is 0 Å². The van der Waals surface area contributed by atoms with Crippen LogP contribution in [-0.2, 0) is 0 Å². The lowest BCUT2D eigenvalue weighted by Gasteiger charge is -2.34. The third-order valence-electron chi connectivity index (χ3n) is 4.25. The van der Waals surface area contributed by atoms with Crippen LogP contribution < -0.4 is 0 Å². The normalized spacial score (nSPS) is 37.0. The van der Waals surface area contributed by atoms with Crippen molar-refractivity contribution < 1.29 is 10.2 Å². The molecule has 94 valence electrons. The fourth-order valence-corrected chi connectivity index (χ4v) is 2.25. The molecule has 0 aromatic heterocycles. The molecule has 0 aromatic rings. The molecule has 2 heteroatoms. The zero-order chi connectivity index (χ0) is 12.3. The summed E-state index contributed by atoms with van der Waals surface area (Å²) in [5, 5.41) is 20.0. The highest BCUT2D eigenvalue weighted by molar-refractivity contribution is 5.17. The van der Waals surface area contributed by atoms with Gasteiger partial charge < -0.3 is 10.2 Å². The monoisotopic (exact) mass is 226 g/mol. The lowest BCUT2D eigenvalue weighted by molar-refractivity contribution is 0.0406. The maximum absolute atomic E-state index is 10.1. The Labute approximate surface area is 99.4 Å². The SMILES string of the molecule is CCC(C)CCC1=CC(O)C(C)C(C)C1O. The predicted octanol–water partition coefficient (Wildman–Crippen LogP) is 2.75. The Morgan fingerprint density at radius 3 is 2.44 bits per heavy atom. The van der Waals surface area contributed by atoms with Gasteiger partial charge in [-0.1, -0.05) is 40.2 Å². The van der Waals surface area contributed by atoms with E-state index in [9.17, 15) is 10.2 Å². The first-order chi connectivity index (χ1) is 7.47. The minimum Gasteiger partial charge on any atom is -0.389 e. The van der Waals surface area contributed by atoms with Crippen LogP contribution in [0.5, 0.6) is 0 Å². The van der Waals surface area contributed by atoms with Crippen LogP contribution in [0.3, 0.4) is 0 Å². The summed E-state index contributed by atoms with van der Waals surface area (Å²) in [5.41, 5.74) is 1.04. The van der Waals surface area contributed by atoms with Gasteiger partial charge in [-0.2, -0.15) is 0 Å². The summed E-state index contributed by atoms with van der Waals surface area (Å²) in [5.74, 6) is 1.01. The number of aliphatic hydroxyl groups is 2. The zero-order valence-corrected chi connectivity index (χ0v) is 11.0. The third-order valence-corrected chi connectivity index (χ3v) is 4.25. The molecule has 0 saturated heterocycles. The van der Waals surface area contributed by atoms with Crippen molar-refractivity contribution >= 4 is 0 Å². The second-order valence-electron chi connectivity index (χ2n) is 5.45. The molecule has 5 unspecified atom stereocenters. The molecule has 5 atom stereocenters. The standard InChI is InChI=1S/C14H26O2/c1-5-9(2)6-7-12-8-13(15)10(3)11(4)14(12)16/h8-11,13-16H,5-7H2,1-4H3. The first kappa shape index (κ1) is 13.7. The topological polar surface area (TPSA) is 40.5 Å². The average molecular weight is 226 g/mol. The van der Waals surface area contributed by atoms with Gasteiger partial charge in [0, 0.05) is 0 Å². The molecule has 2 nitrogen and oxygen atoms in total. The molecule has 0 saturated carbocycles. The van der Waals surface area contributed by atoms with Crippen LogP contribution >= 0.6 is 0 Å². The zero-order valence-electron chi connectivity index (χ0n) is 11.0. The fraction of sp³-hybridized carbons (Fsp3) is 0.857. The average Bonchev–Trinajstić information content (AvgIpc) is 2.28. The summed E-state index contributed by atoms with van der Waals surface area (Å²) < 4.78 is 0. The Kier molecular flexibility index (Phi) is 5.00. The van der Waals surface area contributed by atoms with Gasteiger partial charge in [0.15, 0.2) is 0 Å². The van der Waals surface area contributed by atoms with E-state index in [-0.39, 0.29) is 24.0 Å². The predicted molar refractivity (Wildman–Crippen MR) is 67.1 cm³/mol. The molecule has 2 N–H and O–H groups in total. The van der Waals surface area contributed by atoms with Crippen LogP contribution in [0.15, 0.2) is 11.6 Å². The van der Waals surface area contributed by atoms with E-state index >= 15 is 0 Å². The molecule has 0 aliphatic heterocycles. The van der Waals surface area contributed by atoms with Crippen molar-refractivity contribution in [2.24, 2.45) is 17.8 Å². The van der Waals surface area contributed by atoms with E-state index in [0.29, 0.717) is 5.92 Å². The van der Waals surface area contributed by atoms with Crippen LogP contribution in [0.1, 0.15) is 47.0 Å². The first-order valence-corrected chi connectivity index (χ1v) is 6.54. The lowest BCUT2D eigenvalue weighted by atomic mass is 9.76. The van der Waals surface area contributed by atoms with Crippen LogP contribution in [0.25, 0.3) is 0 Å². The Morgan fingerprint density at radius 1 is 1.25 bits per heavy atom. The molecule has 1 rings (SSSR count). The minimum absolute atomic E-state index is 0.155. The van der Waals surface area contributed by atoms with Crippen LogP contribution in [0.4, 0.5) is 0 Å². The summed E-state index contributed by atoms with van der Waals surface area (Å²) in [6, 6.07) is 0. The van der Waals surface area contributed by atoms with Crippen molar-refractivity contribution in [3.8, 4) is 0 Å². The molecule has 0 bridgehead atoms. The van der Waals surface area contributed by atoms with Gasteiger partial charge in [0.05, 0.1) is 12.2 Å². The first-order valence-electron chi connectivity index (χ1n) is 6.54. The molecule has 0 spiro atoms. The molecule has 0 aromatic carbocycles. The van der Waals surface area contributed by atoms with Gasteiger partial charge >= 0.3 is 0 Å². The molecule has 0 fully saturated rings. The highest BCUT2D eigenvalue weighted by Gasteiger charge is 2.32. The summed E-state index contributed by atoms with van der Waals surface area (Å²) >= 11 is 0. The summed E-state index contributed by atoms with van der Waals surface area (Å²) in [6.45, 7) is 8.45. The number of aliphatic hydroxyl groups excluding tert-OH is 2. The van der Waals surface area contributed by atoms with Crippen LogP contribution in [0.2, 0.25) is 0 Å². The number of hydrogen-bond acceptors (Lipinski definition) is 2. The fourth-order valence-electron chi connectivity index (χ4n) is 2.25. The molecule has 0 amide bonds. The second kappa shape index (κ2) is 5.83. The van der Waals surface area contributed by atoms with E-state index in [0.717, 1.165) is 18.4 Å². The van der Waals surface area contributed by atoms with Gasteiger partial charge in [-0.15, -0.1) is 0 Å². The van der Waals surface area contributed by atoms with Crippen molar-refractivity contribution in [3.63, 3.8) is 0 Å². The summed E-state index contributed by atoms with van der Waals surface area (Å²) in [6.07, 6.45) is 4.33. The molecule has 1 aliphatic rings. The highest BCUT2D eigenvalue weighted by atomic mass is 16.3. The van der Waals surface area contributed by atoms with Crippen molar-refractivity contribution in [1.82, 2.24) is 0 Å². The molecule has 16 heavy (non-hydrogen) atoms. The summed E-state index contributed by atoms with van der Waals surface area (Å²) in [4.78, 5) is 0. The highest BCUT2D eigenvalue weighted by Crippen LogP contribution is 2.32. The van der Waals surface area contributed by atoms with E-state index < -0.39 is 0 Å². The van der Waals surface area contributed by atoms with Crippen LogP contribution in [0, 0.1) is 17.8 Å². The Bertz CT molecular complexity index is 247. The Balaban J connectivity index is 2.61. The van der Waals surface area contributed by atoms with Gasteiger partial charge in [-0.3, -0.25) is 0 Å². The van der Waals surface area contributed by atoms with Crippen molar-refractivity contribution in [3.05, 3.63) is 11.6 Å². The van der Waals surface area contributed by atoms with E-state index in [1.165, 1.54) is 6.42 Å². The molecular weight excluding hydrogens is 200 g/mol. The second-order valence-corrected chi connectivity index (χ2v) is 5.45. The molecule has 0 heterocycles. The smallest absolute Gasteiger partial charge is 0.0780 e. The van der Waals surface area contributed by atoms with E-state index in [4.69, 9.17) is 0 Å². The molecule has 1 aliphatic carbocycles. The van der Waals surface area contributed by atoms with Gasteiger partial charge in [0.1, 0.15) is 0 Å².